The highest BCUT2D eigenvalue weighted by atomic mass is 19.4. The predicted octanol–water partition coefficient (Wildman–Crippen LogP) is 3.86. The van der Waals surface area contributed by atoms with Gasteiger partial charge in [-0.25, -0.2) is 0 Å². The maximum atomic E-state index is 12.5. The van der Waals surface area contributed by atoms with Crippen LogP contribution >= 0.6 is 0 Å². The third-order valence-electron chi connectivity index (χ3n) is 2.49. The highest BCUT2D eigenvalue weighted by Crippen LogP contribution is 2.30. The van der Waals surface area contributed by atoms with Gasteiger partial charge in [0.05, 0.1) is 17.5 Å². The smallest absolute Gasteiger partial charge is 0.416 e. The number of phenols is 1. The van der Waals surface area contributed by atoms with Crippen molar-refractivity contribution in [1.82, 2.24) is 0 Å². The van der Waals surface area contributed by atoms with Gasteiger partial charge < -0.3 is 5.11 Å². The Morgan fingerprint density at radius 1 is 1.05 bits per heavy atom. The zero-order valence-electron chi connectivity index (χ0n) is 10.2. The van der Waals surface area contributed by atoms with Crippen molar-refractivity contribution in [2.24, 2.45) is 5.10 Å². The number of rotatable bonds is 3. The van der Waals surface area contributed by atoms with Gasteiger partial charge in [-0.3, -0.25) is 5.43 Å². The standard InChI is InChI=1S/C14H11F3N2O/c15-14(16,17)11-2-1-3-12(8-11)19-18-9-10-4-6-13(20)7-5-10/h1-9,19-20H/b18-9+. The van der Waals surface area contributed by atoms with Crippen molar-refractivity contribution < 1.29 is 18.3 Å². The molecule has 2 aromatic carbocycles. The molecule has 0 bridgehead atoms. The van der Waals surface area contributed by atoms with Crippen LogP contribution in [0.1, 0.15) is 11.1 Å². The highest BCUT2D eigenvalue weighted by molar-refractivity contribution is 5.80. The van der Waals surface area contributed by atoms with Crippen molar-refractivity contribution in [3.05, 3.63) is 59.7 Å². The minimum atomic E-state index is -4.38. The predicted molar refractivity (Wildman–Crippen MR) is 70.8 cm³/mol. The monoisotopic (exact) mass is 280 g/mol. The fraction of sp³-hybridized carbons (Fsp3) is 0.0714. The first-order chi connectivity index (χ1) is 9.45. The third kappa shape index (κ3) is 3.74. The van der Waals surface area contributed by atoms with E-state index in [-0.39, 0.29) is 11.4 Å². The third-order valence-corrected chi connectivity index (χ3v) is 2.49. The van der Waals surface area contributed by atoms with E-state index in [4.69, 9.17) is 5.11 Å². The summed E-state index contributed by atoms with van der Waals surface area (Å²) in [6.45, 7) is 0. The number of hydrazone groups is 1. The van der Waals surface area contributed by atoms with E-state index in [9.17, 15) is 13.2 Å². The summed E-state index contributed by atoms with van der Waals surface area (Å²) in [5.41, 5.74) is 2.75. The molecule has 2 rings (SSSR count). The number of anilines is 1. The van der Waals surface area contributed by atoms with Crippen molar-refractivity contribution in [3.8, 4) is 5.75 Å². The second kappa shape index (κ2) is 5.64. The lowest BCUT2D eigenvalue weighted by atomic mass is 10.2. The molecule has 0 atom stereocenters. The molecule has 0 aliphatic rings. The molecule has 0 spiro atoms. The zero-order valence-corrected chi connectivity index (χ0v) is 10.2. The number of halogens is 3. The average Bonchev–Trinajstić information content (AvgIpc) is 2.40. The van der Waals surface area contributed by atoms with E-state index in [2.05, 4.69) is 10.5 Å². The Balaban J connectivity index is 2.05. The van der Waals surface area contributed by atoms with Crippen LogP contribution in [0, 0.1) is 0 Å². The van der Waals surface area contributed by atoms with Crippen LogP contribution in [-0.2, 0) is 6.18 Å². The highest BCUT2D eigenvalue weighted by Gasteiger charge is 2.30. The van der Waals surface area contributed by atoms with Gasteiger partial charge in [0.15, 0.2) is 0 Å². The Kier molecular flexibility index (Phi) is 3.93. The van der Waals surface area contributed by atoms with Crippen LogP contribution in [0.15, 0.2) is 53.6 Å². The number of benzene rings is 2. The average molecular weight is 280 g/mol. The lowest BCUT2D eigenvalue weighted by molar-refractivity contribution is -0.137. The van der Waals surface area contributed by atoms with E-state index in [0.717, 1.165) is 12.1 Å². The minimum Gasteiger partial charge on any atom is -0.508 e. The minimum absolute atomic E-state index is 0.132. The van der Waals surface area contributed by atoms with Crippen molar-refractivity contribution in [3.63, 3.8) is 0 Å². The molecule has 0 aliphatic heterocycles. The first-order valence-corrected chi connectivity index (χ1v) is 5.70. The fourth-order valence-corrected chi connectivity index (χ4v) is 1.51. The van der Waals surface area contributed by atoms with Crippen LogP contribution in [-0.4, -0.2) is 11.3 Å². The summed E-state index contributed by atoms with van der Waals surface area (Å²) in [4.78, 5) is 0. The SMILES string of the molecule is Oc1ccc(/C=N/Nc2cccc(C(F)(F)F)c2)cc1. The topological polar surface area (TPSA) is 44.6 Å². The summed E-state index contributed by atoms with van der Waals surface area (Å²) in [7, 11) is 0. The van der Waals surface area contributed by atoms with Crippen molar-refractivity contribution in [2.45, 2.75) is 6.18 Å². The van der Waals surface area contributed by atoms with Gasteiger partial charge in [0, 0.05) is 0 Å². The lowest BCUT2D eigenvalue weighted by Gasteiger charge is -2.07. The molecule has 0 aliphatic carbocycles. The molecule has 0 unspecified atom stereocenters. The molecular formula is C14H11F3N2O. The van der Waals surface area contributed by atoms with Crippen molar-refractivity contribution in [1.29, 1.82) is 0 Å². The number of alkyl halides is 3. The molecule has 2 aromatic rings. The summed E-state index contributed by atoms with van der Waals surface area (Å²) in [6, 6.07) is 11.0. The van der Waals surface area contributed by atoms with Crippen molar-refractivity contribution >= 4 is 11.9 Å². The largest absolute Gasteiger partial charge is 0.508 e. The number of hydrogen-bond acceptors (Lipinski definition) is 3. The summed E-state index contributed by atoms with van der Waals surface area (Å²) in [5, 5.41) is 12.9. The first kappa shape index (κ1) is 13.9. The molecule has 2 N–H and O–H groups in total. The first-order valence-electron chi connectivity index (χ1n) is 5.70. The van der Waals surface area contributed by atoms with E-state index in [1.165, 1.54) is 30.5 Å². The maximum Gasteiger partial charge on any atom is 0.416 e. The molecule has 20 heavy (non-hydrogen) atoms. The molecular weight excluding hydrogens is 269 g/mol. The van der Waals surface area contributed by atoms with Gasteiger partial charge in [-0.1, -0.05) is 6.07 Å². The summed E-state index contributed by atoms with van der Waals surface area (Å²) in [5.74, 6) is 0.132. The van der Waals surface area contributed by atoms with Gasteiger partial charge in [-0.05, 0) is 48.0 Å². The quantitative estimate of drug-likeness (QED) is 0.662. The Hall–Kier alpha value is -2.50. The molecule has 0 amide bonds. The molecule has 0 saturated heterocycles. The van der Waals surface area contributed by atoms with Gasteiger partial charge >= 0.3 is 6.18 Å². The van der Waals surface area contributed by atoms with E-state index in [1.807, 2.05) is 0 Å². The van der Waals surface area contributed by atoms with Gasteiger partial charge in [0.2, 0.25) is 0 Å². The van der Waals surface area contributed by atoms with Gasteiger partial charge in [0.1, 0.15) is 5.75 Å². The van der Waals surface area contributed by atoms with Crippen LogP contribution in [0.2, 0.25) is 0 Å². The fourth-order valence-electron chi connectivity index (χ4n) is 1.51. The van der Waals surface area contributed by atoms with Gasteiger partial charge in [-0.15, -0.1) is 0 Å². The van der Waals surface area contributed by atoms with E-state index in [0.29, 0.717) is 5.56 Å². The van der Waals surface area contributed by atoms with Crippen LogP contribution < -0.4 is 5.43 Å². The molecule has 6 heteroatoms. The molecule has 0 fully saturated rings. The lowest BCUT2D eigenvalue weighted by Crippen LogP contribution is -2.05. The van der Waals surface area contributed by atoms with Crippen LogP contribution in [0.25, 0.3) is 0 Å². The summed E-state index contributed by atoms with van der Waals surface area (Å²) in [6.07, 6.45) is -2.93. The zero-order chi connectivity index (χ0) is 14.6. The number of nitrogens with one attached hydrogen (secondary N) is 1. The number of hydrogen-bond donors (Lipinski definition) is 2. The normalized spacial score (nSPS) is 11.8. The molecule has 3 nitrogen and oxygen atoms in total. The van der Waals surface area contributed by atoms with Gasteiger partial charge in [-0.2, -0.15) is 18.3 Å². The van der Waals surface area contributed by atoms with E-state index in [1.54, 1.807) is 12.1 Å². The van der Waals surface area contributed by atoms with Crippen molar-refractivity contribution in [2.75, 3.05) is 5.43 Å². The molecule has 0 aromatic heterocycles. The number of nitrogens with zero attached hydrogens (tertiary/aromatic N) is 1. The maximum absolute atomic E-state index is 12.5. The van der Waals surface area contributed by atoms with Crippen LogP contribution in [0.3, 0.4) is 0 Å². The summed E-state index contributed by atoms with van der Waals surface area (Å²) < 4.78 is 37.5. The Morgan fingerprint density at radius 2 is 1.75 bits per heavy atom. The van der Waals surface area contributed by atoms with E-state index < -0.39 is 11.7 Å². The second-order valence-corrected chi connectivity index (χ2v) is 4.04. The molecule has 0 radical (unpaired) electrons. The second-order valence-electron chi connectivity index (χ2n) is 4.04. The number of phenolic OH excluding ortho intramolecular Hbond substituents is 1. The van der Waals surface area contributed by atoms with Crippen LogP contribution in [0.5, 0.6) is 5.75 Å². The Morgan fingerprint density at radius 3 is 2.40 bits per heavy atom. The van der Waals surface area contributed by atoms with Gasteiger partial charge in [0.25, 0.3) is 0 Å². The number of aromatic hydroxyl groups is 1. The van der Waals surface area contributed by atoms with Crippen LogP contribution in [0.4, 0.5) is 18.9 Å². The summed E-state index contributed by atoms with van der Waals surface area (Å²) >= 11 is 0. The van der Waals surface area contributed by atoms with E-state index >= 15 is 0 Å². The molecule has 0 heterocycles. The molecule has 0 saturated carbocycles. The molecule has 104 valence electrons. The Labute approximate surface area is 113 Å². The Bertz CT molecular complexity index is 607.